The molecule has 0 spiro atoms. The fraction of sp³-hybridized carbons (Fsp3) is 1.00. The lowest BCUT2D eigenvalue weighted by atomic mass is 9.94. The van der Waals surface area contributed by atoms with Crippen LogP contribution in [0.5, 0.6) is 0 Å². The number of nitrogens with two attached hydrogens (primary N) is 1. The maximum atomic E-state index is 6.02. The quantitative estimate of drug-likeness (QED) is 0.518. The molecule has 0 amide bonds. The Labute approximate surface area is 55.4 Å². The smallest absolute Gasteiger partial charge is 0.0731 e. The van der Waals surface area contributed by atoms with Gasteiger partial charge in [-0.15, -0.1) is 0 Å². The molecule has 0 aromatic carbocycles. The van der Waals surface area contributed by atoms with Crippen LogP contribution in [0.1, 0.15) is 26.2 Å². The van der Waals surface area contributed by atoms with Gasteiger partial charge in [0, 0.05) is 5.54 Å². The van der Waals surface area contributed by atoms with Gasteiger partial charge >= 0.3 is 0 Å². The van der Waals surface area contributed by atoms with Crippen molar-refractivity contribution in [2.24, 2.45) is 5.73 Å². The van der Waals surface area contributed by atoms with Crippen LogP contribution in [0.3, 0.4) is 0 Å². The Morgan fingerprint density at radius 2 is 2.44 bits per heavy atom. The van der Waals surface area contributed by atoms with E-state index >= 15 is 0 Å². The molecule has 0 aromatic rings. The largest absolute Gasteiger partial charge is 0.373 e. The summed E-state index contributed by atoms with van der Waals surface area (Å²) >= 11 is 0. The van der Waals surface area contributed by atoms with E-state index in [9.17, 15) is 0 Å². The molecule has 0 aromatic heterocycles. The van der Waals surface area contributed by atoms with Crippen LogP contribution in [0.2, 0.25) is 0 Å². The summed E-state index contributed by atoms with van der Waals surface area (Å²) in [5, 5.41) is 0. The van der Waals surface area contributed by atoms with Crippen molar-refractivity contribution in [2.75, 3.05) is 0 Å². The molecule has 1 saturated carbocycles. The van der Waals surface area contributed by atoms with Crippen molar-refractivity contribution >= 4 is 0 Å². The molecule has 2 rings (SSSR count). The van der Waals surface area contributed by atoms with Crippen molar-refractivity contribution in [2.45, 2.75) is 43.9 Å². The zero-order valence-electron chi connectivity index (χ0n) is 5.76. The van der Waals surface area contributed by atoms with Crippen LogP contribution in [0.4, 0.5) is 0 Å². The first-order valence-corrected chi connectivity index (χ1v) is 3.65. The first-order chi connectivity index (χ1) is 4.21. The first-order valence-electron chi connectivity index (χ1n) is 3.65. The molecule has 2 fully saturated rings. The second-order valence-corrected chi connectivity index (χ2v) is 3.38. The van der Waals surface area contributed by atoms with Gasteiger partial charge in [-0.25, -0.2) is 0 Å². The van der Waals surface area contributed by atoms with Crippen LogP contribution in [-0.2, 0) is 4.74 Å². The predicted molar refractivity (Wildman–Crippen MR) is 35.1 cm³/mol. The number of hydrogen-bond acceptors (Lipinski definition) is 2. The highest BCUT2D eigenvalue weighted by molar-refractivity contribution is 5.04. The van der Waals surface area contributed by atoms with Gasteiger partial charge in [0.05, 0.1) is 12.2 Å². The number of fused-ring (bicyclic) bond motifs is 2. The van der Waals surface area contributed by atoms with E-state index < -0.39 is 0 Å². The second-order valence-electron chi connectivity index (χ2n) is 3.38. The van der Waals surface area contributed by atoms with E-state index in [-0.39, 0.29) is 5.54 Å². The topological polar surface area (TPSA) is 35.2 Å². The molecule has 52 valence electrons. The maximum absolute atomic E-state index is 6.02. The molecule has 2 bridgehead atoms. The lowest BCUT2D eigenvalue weighted by Crippen LogP contribution is -2.45. The van der Waals surface area contributed by atoms with Gasteiger partial charge < -0.3 is 10.5 Å². The minimum Gasteiger partial charge on any atom is -0.373 e. The Balaban J connectivity index is 2.22. The highest BCUT2D eigenvalue weighted by atomic mass is 16.5. The highest BCUT2D eigenvalue weighted by Gasteiger charge is 2.48. The molecule has 1 aliphatic carbocycles. The van der Waals surface area contributed by atoms with Crippen LogP contribution < -0.4 is 5.73 Å². The summed E-state index contributed by atoms with van der Waals surface area (Å²) in [4.78, 5) is 0. The molecule has 3 unspecified atom stereocenters. The second kappa shape index (κ2) is 1.50. The van der Waals surface area contributed by atoms with E-state index in [0.29, 0.717) is 12.2 Å². The summed E-state index contributed by atoms with van der Waals surface area (Å²) in [6, 6.07) is 0. The molecule has 2 N–H and O–H groups in total. The lowest BCUT2D eigenvalue weighted by molar-refractivity contribution is 0.00794. The van der Waals surface area contributed by atoms with Gasteiger partial charge in [0.25, 0.3) is 0 Å². The average molecular weight is 127 g/mol. The third-order valence-corrected chi connectivity index (χ3v) is 2.75. The molecule has 1 heterocycles. The normalized spacial score (nSPS) is 56.7. The van der Waals surface area contributed by atoms with Gasteiger partial charge in [-0.2, -0.15) is 0 Å². The number of rotatable bonds is 0. The summed E-state index contributed by atoms with van der Waals surface area (Å²) < 4.78 is 5.54. The standard InChI is InChI=1S/C7H13NO/c1-5-7(8)3-2-6(4-7)9-5/h5-6H,2-4,8H2,1H3. The van der Waals surface area contributed by atoms with E-state index in [4.69, 9.17) is 10.5 Å². The van der Waals surface area contributed by atoms with Gasteiger partial charge in [-0.05, 0) is 26.2 Å². The predicted octanol–water partition coefficient (Wildman–Crippen LogP) is 0.655. The first kappa shape index (κ1) is 5.69. The molecule has 9 heavy (non-hydrogen) atoms. The summed E-state index contributed by atoms with van der Waals surface area (Å²) in [5.74, 6) is 0. The molecule has 1 aliphatic heterocycles. The van der Waals surface area contributed by atoms with Crippen molar-refractivity contribution in [3.05, 3.63) is 0 Å². The molecule has 0 radical (unpaired) electrons. The van der Waals surface area contributed by atoms with Crippen LogP contribution >= 0.6 is 0 Å². The minimum atomic E-state index is 0.0463. The van der Waals surface area contributed by atoms with Crippen LogP contribution in [0.25, 0.3) is 0 Å². The van der Waals surface area contributed by atoms with E-state index in [1.807, 2.05) is 0 Å². The minimum absolute atomic E-state index is 0.0463. The lowest BCUT2D eigenvalue weighted by Gasteiger charge is -2.27. The average Bonchev–Trinajstić information content (AvgIpc) is 2.22. The zero-order chi connectivity index (χ0) is 6.48. The Morgan fingerprint density at radius 3 is 2.67 bits per heavy atom. The molecule has 2 heteroatoms. The fourth-order valence-electron chi connectivity index (χ4n) is 1.97. The van der Waals surface area contributed by atoms with E-state index in [2.05, 4.69) is 6.92 Å². The van der Waals surface area contributed by atoms with Gasteiger partial charge in [0.15, 0.2) is 0 Å². The molecule has 2 nitrogen and oxygen atoms in total. The molecule has 1 saturated heterocycles. The Hall–Kier alpha value is -0.0800. The van der Waals surface area contributed by atoms with Crippen molar-refractivity contribution < 1.29 is 4.74 Å². The molecular weight excluding hydrogens is 114 g/mol. The highest BCUT2D eigenvalue weighted by Crippen LogP contribution is 2.41. The number of hydrogen-bond donors (Lipinski definition) is 1. The van der Waals surface area contributed by atoms with Crippen molar-refractivity contribution in [1.29, 1.82) is 0 Å². The number of ether oxygens (including phenoxy) is 1. The third-order valence-electron chi connectivity index (χ3n) is 2.75. The van der Waals surface area contributed by atoms with E-state index in [0.717, 1.165) is 6.42 Å². The summed E-state index contributed by atoms with van der Waals surface area (Å²) in [6.45, 7) is 2.08. The van der Waals surface area contributed by atoms with Crippen LogP contribution in [0.15, 0.2) is 0 Å². The van der Waals surface area contributed by atoms with Crippen molar-refractivity contribution in [1.82, 2.24) is 0 Å². The zero-order valence-corrected chi connectivity index (χ0v) is 5.76. The van der Waals surface area contributed by atoms with Crippen molar-refractivity contribution in [3.8, 4) is 0 Å². The Morgan fingerprint density at radius 1 is 1.67 bits per heavy atom. The van der Waals surface area contributed by atoms with Gasteiger partial charge in [0.2, 0.25) is 0 Å². The third kappa shape index (κ3) is 0.634. The fourth-order valence-corrected chi connectivity index (χ4v) is 1.97. The Bertz CT molecular complexity index is 137. The molecular formula is C7H13NO. The van der Waals surface area contributed by atoms with E-state index in [1.165, 1.54) is 12.8 Å². The van der Waals surface area contributed by atoms with Gasteiger partial charge in [0.1, 0.15) is 0 Å². The summed E-state index contributed by atoms with van der Waals surface area (Å²) in [5.41, 5.74) is 6.06. The van der Waals surface area contributed by atoms with Crippen LogP contribution in [-0.4, -0.2) is 17.7 Å². The summed E-state index contributed by atoms with van der Waals surface area (Å²) in [7, 11) is 0. The van der Waals surface area contributed by atoms with Crippen LogP contribution in [0, 0.1) is 0 Å². The SMILES string of the molecule is CC1OC2CCC1(N)C2. The van der Waals surface area contributed by atoms with Gasteiger partial charge in [-0.3, -0.25) is 0 Å². The maximum Gasteiger partial charge on any atom is 0.0731 e. The Kier molecular flexibility index (Phi) is 0.945. The summed E-state index contributed by atoms with van der Waals surface area (Å²) in [6.07, 6.45) is 4.23. The molecule has 3 atom stereocenters. The monoisotopic (exact) mass is 127 g/mol. The van der Waals surface area contributed by atoms with Gasteiger partial charge in [-0.1, -0.05) is 0 Å². The van der Waals surface area contributed by atoms with E-state index in [1.54, 1.807) is 0 Å². The van der Waals surface area contributed by atoms with Crippen molar-refractivity contribution in [3.63, 3.8) is 0 Å². The molecule has 2 aliphatic rings.